The van der Waals surface area contributed by atoms with Gasteiger partial charge in [-0.3, -0.25) is 9.59 Å². The van der Waals surface area contributed by atoms with Gasteiger partial charge in [0.25, 0.3) is 0 Å². The zero-order chi connectivity index (χ0) is 33.8. The molecule has 0 heterocycles. The molecule has 2 atom stereocenters. The van der Waals surface area contributed by atoms with Crippen LogP contribution in [0.5, 0.6) is 0 Å². The molecule has 0 radical (unpaired) electrons. The molecule has 0 aliphatic heterocycles. The molecule has 12 heteroatoms. The molecule has 1 amide bonds. The number of hydrogen-bond donors (Lipinski definition) is 4. The van der Waals surface area contributed by atoms with Crippen LogP contribution in [0.1, 0.15) is 22.3 Å². The summed E-state index contributed by atoms with van der Waals surface area (Å²) in [7, 11) is 0. The van der Waals surface area contributed by atoms with E-state index in [4.69, 9.17) is 38.6 Å². The smallest absolute Gasteiger partial charge is 0.311 e. The normalized spacial score (nSPS) is 22.2. The van der Waals surface area contributed by atoms with E-state index in [1.54, 1.807) is 24.3 Å². The SMILES string of the molecule is O=C(O)C1C(C(=O)Nc2ccccc2)C2(OCCOCCOCCO)c3ccccc3C1(OCCOCCOCCO)c1ccccc12. The Morgan fingerprint density at radius 2 is 0.917 bits per heavy atom. The van der Waals surface area contributed by atoms with Gasteiger partial charge in [-0.2, -0.15) is 0 Å². The first-order valence-electron chi connectivity index (χ1n) is 16.1. The minimum absolute atomic E-state index is 0.0273. The summed E-state index contributed by atoms with van der Waals surface area (Å²) in [6.07, 6.45) is 0. The lowest BCUT2D eigenvalue weighted by Gasteiger charge is -2.60. The van der Waals surface area contributed by atoms with Crippen LogP contribution in [0.3, 0.4) is 0 Å². The molecule has 2 unspecified atom stereocenters. The van der Waals surface area contributed by atoms with Gasteiger partial charge in [0, 0.05) is 5.69 Å². The molecule has 3 aromatic carbocycles. The Morgan fingerprint density at radius 3 is 1.33 bits per heavy atom. The maximum absolute atomic E-state index is 14.5. The van der Waals surface area contributed by atoms with E-state index >= 15 is 0 Å². The third-order valence-electron chi connectivity index (χ3n) is 8.58. The number of para-hydroxylation sites is 1. The lowest BCUT2D eigenvalue weighted by Crippen LogP contribution is -2.67. The van der Waals surface area contributed by atoms with Gasteiger partial charge in [0.2, 0.25) is 5.91 Å². The van der Waals surface area contributed by atoms with Crippen molar-refractivity contribution in [2.24, 2.45) is 11.8 Å². The number of benzene rings is 3. The summed E-state index contributed by atoms with van der Waals surface area (Å²) in [5.74, 6) is -4.40. The number of aliphatic hydroxyl groups excluding tert-OH is 2. The number of anilines is 1. The van der Waals surface area contributed by atoms with Gasteiger partial charge in [-0.05, 0) is 34.4 Å². The number of fused-ring (bicyclic) bond motifs is 1. The topological polar surface area (TPSA) is 162 Å². The molecule has 48 heavy (non-hydrogen) atoms. The van der Waals surface area contributed by atoms with Gasteiger partial charge in [-0.1, -0.05) is 66.7 Å². The number of aliphatic hydroxyl groups is 2. The predicted octanol–water partition coefficient (Wildman–Crippen LogP) is 2.54. The van der Waals surface area contributed by atoms with Crippen molar-refractivity contribution in [1.82, 2.24) is 0 Å². The van der Waals surface area contributed by atoms with Gasteiger partial charge in [-0.25, -0.2) is 0 Å². The van der Waals surface area contributed by atoms with Gasteiger partial charge < -0.3 is 49.1 Å². The number of aliphatic carboxylic acids is 1. The Bertz CT molecular complexity index is 1440. The number of carboxylic acid groups (broad SMARTS) is 1. The molecule has 3 aliphatic rings. The monoisotopic (exact) mass is 665 g/mol. The van der Waals surface area contributed by atoms with Crippen molar-refractivity contribution in [1.29, 1.82) is 0 Å². The molecular weight excluding hydrogens is 622 g/mol. The number of carboxylic acids is 1. The van der Waals surface area contributed by atoms with E-state index in [9.17, 15) is 14.7 Å². The summed E-state index contributed by atoms with van der Waals surface area (Å²) < 4.78 is 35.5. The lowest BCUT2D eigenvalue weighted by molar-refractivity contribution is -0.200. The van der Waals surface area contributed by atoms with Crippen LogP contribution in [0.2, 0.25) is 0 Å². The number of amides is 1. The maximum Gasteiger partial charge on any atom is 0.311 e. The van der Waals surface area contributed by atoms with Crippen molar-refractivity contribution in [2.75, 3.05) is 84.6 Å². The summed E-state index contributed by atoms with van der Waals surface area (Å²) in [6.45, 7) is 1.73. The summed E-state index contributed by atoms with van der Waals surface area (Å²) in [6, 6.07) is 23.6. The molecule has 6 rings (SSSR count). The van der Waals surface area contributed by atoms with Gasteiger partial charge in [0.1, 0.15) is 17.1 Å². The summed E-state index contributed by atoms with van der Waals surface area (Å²) >= 11 is 0. The maximum atomic E-state index is 14.5. The molecule has 0 fully saturated rings. The van der Waals surface area contributed by atoms with Crippen molar-refractivity contribution >= 4 is 17.6 Å². The minimum Gasteiger partial charge on any atom is -0.481 e. The van der Waals surface area contributed by atoms with Crippen LogP contribution >= 0.6 is 0 Å². The molecule has 4 N–H and O–H groups in total. The average Bonchev–Trinajstić information content (AvgIpc) is 3.11. The van der Waals surface area contributed by atoms with E-state index in [2.05, 4.69) is 5.32 Å². The minimum atomic E-state index is -1.56. The fourth-order valence-corrected chi connectivity index (χ4v) is 6.87. The Hall–Kier alpha value is -3.72. The largest absolute Gasteiger partial charge is 0.481 e. The highest BCUT2D eigenvalue weighted by molar-refractivity contribution is 5.99. The van der Waals surface area contributed by atoms with Gasteiger partial charge in [0.15, 0.2) is 0 Å². The highest BCUT2D eigenvalue weighted by Crippen LogP contribution is 2.65. The molecule has 12 nitrogen and oxygen atoms in total. The van der Waals surface area contributed by atoms with Crippen LogP contribution in [0.25, 0.3) is 0 Å². The number of rotatable bonds is 21. The third kappa shape index (κ3) is 7.16. The van der Waals surface area contributed by atoms with E-state index < -0.39 is 34.9 Å². The highest BCUT2D eigenvalue weighted by Gasteiger charge is 2.71. The molecule has 3 aliphatic carbocycles. The van der Waals surface area contributed by atoms with E-state index in [-0.39, 0.29) is 72.7 Å². The second-order valence-electron chi connectivity index (χ2n) is 11.3. The van der Waals surface area contributed by atoms with Crippen LogP contribution in [0.4, 0.5) is 5.69 Å². The van der Waals surface area contributed by atoms with Crippen molar-refractivity contribution in [3.8, 4) is 0 Å². The number of carbonyl (C=O) groups excluding carboxylic acids is 1. The quantitative estimate of drug-likeness (QED) is 0.124. The Kier molecular flexibility index (Phi) is 12.7. The van der Waals surface area contributed by atoms with Crippen LogP contribution in [0.15, 0.2) is 78.9 Å². The standard InChI is InChI=1S/C36H43NO11/c38-14-16-43-18-20-45-22-24-47-35-27-10-4-6-12-29(27)36(30-13-7-5-11-28(30)35,48-25-23-46-21-19-44-17-15-39)32(34(41)42)31(35)33(40)37-26-8-2-1-3-9-26/h1-13,31-32,38-39H,14-25H2,(H,37,40)(H,41,42). The van der Waals surface area contributed by atoms with E-state index in [1.165, 1.54) is 0 Å². The fourth-order valence-electron chi connectivity index (χ4n) is 6.87. The Morgan fingerprint density at radius 1 is 0.542 bits per heavy atom. The summed E-state index contributed by atoms with van der Waals surface area (Å²) in [4.78, 5) is 28.1. The molecule has 2 bridgehead atoms. The Labute approximate surface area is 279 Å². The number of nitrogens with one attached hydrogen (secondary N) is 1. The van der Waals surface area contributed by atoms with Gasteiger partial charge >= 0.3 is 5.97 Å². The molecule has 0 aromatic heterocycles. The van der Waals surface area contributed by atoms with E-state index in [1.807, 2.05) is 54.6 Å². The first-order chi connectivity index (χ1) is 23.5. The Balaban J connectivity index is 1.55. The third-order valence-corrected chi connectivity index (χ3v) is 8.58. The number of carbonyl (C=O) groups is 2. The van der Waals surface area contributed by atoms with Crippen molar-refractivity contribution in [3.63, 3.8) is 0 Å². The van der Waals surface area contributed by atoms with Gasteiger partial charge in [-0.15, -0.1) is 0 Å². The molecule has 3 aromatic rings. The fraction of sp³-hybridized carbons (Fsp3) is 0.444. The zero-order valence-electron chi connectivity index (χ0n) is 26.8. The van der Waals surface area contributed by atoms with Crippen LogP contribution in [-0.2, 0) is 49.2 Å². The second kappa shape index (κ2) is 17.1. The van der Waals surface area contributed by atoms with Crippen molar-refractivity contribution < 1.29 is 53.3 Å². The van der Waals surface area contributed by atoms with Crippen LogP contribution < -0.4 is 5.32 Å². The average molecular weight is 666 g/mol. The molecular formula is C36H43NO11. The first-order valence-corrected chi connectivity index (χ1v) is 16.1. The summed E-state index contributed by atoms with van der Waals surface area (Å²) in [5, 5.41) is 31.9. The lowest BCUT2D eigenvalue weighted by atomic mass is 9.49. The highest BCUT2D eigenvalue weighted by atomic mass is 16.6. The molecule has 0 spiro atoms. The van der Waals surface area contributed by atoms with Crippen molar-refractivity contribution in [2.45, 2.75) is 11.2 Å². The van der Waals surface area contributed by atoms with E-state index in [0.29, 0.717) is 34.5 Å². The van der Waals surface area contributed by atoms with E-state index in [0.717, 1.165) is 0 Å². The first kappa shape index (κ1) is 35.6. The second-order valence-corrected chi connectivity index (χ2v) is 11.3. The number of ether oxygens (including phenoxy) is 6. The number of hydrogen-bond acceptors (Lipinski definition) is 10. The summed E-state index contributed by atoms with van der Waals surface area (Å²) in [5.41, 5.74) is -0.0628. The van der Waals surface area contributed by atoms with Crippen molar-refractivity contribution in [3.05, 3.63) is 101 Å². The zero-order valence-corrected chi connectivity index (χ0v) is 26.8. The van der Waals surface area contributed by atoms with Gasteiger partial charge in [0.05, 0.1) is 85.2 Å². The van der Waals surface area contributed by atoms with Crippen LogP contribution in [0, 0.1) is 11.8 Å². The molecule has 0 saturated heterocycles. The predicted molar refractivity (Wildman–Crippen MR) is 173 cm³/mol. The van der Waals surface area contributed by atoms with Crippen LogP contribution in [-0.4, -0.2) is 106 Å². The molecule has 258 valence electrons. The molecule has 0 saturated carbocycles.